The van der Waals surface area contributed by atoms with Gasteiger partial charge in [-0.2, -0.15) is 5.26 Å². The number of hydrogen-bond acceptors (Lipinski definition) is 6. The van der Waals surface area contributed by atoms with E-state index in [9.17, 15) is 19.6 Å². The number of amides is 1. The van der Waals surface area contributed by atoms with Crippen molar-refractivity contribution in [3.63, 3.8) is 0 Å². The highest BCUT2D eigenvalue weighted by atomic mass is 16.5. The second kappa shape index (κ2) is 9.97. The molecule has 4 rings (SSSR count). The van der Waals surface area contributed by atoms with Crippen molar-refractivity contribution < 1.29 is 9.53 Å². The Hall–Kier alpha value is -4.49. The maximum absolute atomic E-state index is 13.4. The first-order valence-electron chi connectivity index (χ1n) is 10.5. The molecule has 0 saturated heterocycles. The quantitative estimate of drug-likeness (QED) is 0.427. The number of imidazole rings is 1. The monoisotopic (exact) mass is 458 g/mol. The van der Waals surface area contributed by atoms with Gasteiger partial charge < -0.3 is 14.6 Å². The highest BCUT2D eigenvalue weighted by Gasteiger charge is 2.20. The van der Waals surface area contributed by atoms with Gasteiger partial charge in [-0.1, -0.05) is 42.5 Å². The Morgan fingerprint density at radius 1 is 1.09 bits per heavy atom. The standard InChI is InChI=1S/C24H22N6O4/c1-34-12-11-28-16-26-22-21(28)23(32)30(24(33)29(22)14-17-7-3-2-4-8-17)15-20(31)27-19-10-6-5-9-18(19)13-25/h2-10,16H,11-12,14-15H2,1H3,(H,27,31). The molecule has 34 heavy (non-hydrogen) atoms. The molecule has 0 aliphatic rings. The van der Waals surface area contributed by atoms with Crippen LogP contribution < -0.4 is 16.6 Å². The van der Waals surface area contributed by atoms with Gasteiger partial charge in [-0.3, -0.25) is 14.2 Å². The summed E-state index contributed by atoms with van der Waals surface area (Å²) in [6.45, 7) is 0.357. The fourth-order valence-electron chi connectivity index (χ4n) is 3.67. The highest BCUT2D eigenvalue weighted by molar-refractivity contribution is 5.92. The predicted octanol–water partition coefficient (Wildman–Crippen LogP) is 1.56. The average Bonchev–Trinajstić information content (AvgIpc) is 3.28. The Morgan fingerprint density at radius 3 is 2.56 bits per heavy atom. The number of nitrogens with zero attached hydrogens (tertiary/aromatic N) is 5. The molecule has 172 valence electrons. The first-order valence-corrected chi connectivity index (χ1v) is 10.5. The molecule has 2 heterocycles. The zero-order valence-electron chi connectivity index (χ0n) is 18.5. The molecule has 10 heteroatoms. The second-order valence-corrected chi connectivity index (χ2v) is 7.55. The van der Waals surface area contributed by atoms with Gasteiger partial charge in [-0.05, 0) is 17.7 Å². The minimum absolute atomic E-state index is 0.177. The van der Waals surface area contributed by atoms with Crippen molar-refractivity contribution in [3.8, 4) is 6.07 Å². The zero-order valence-corrected chi connectivity index (χ0v) is 18.5. The summed E-state index contributed by atoms with van der Waals surface area (Å²) in [7, 11) is 1.55. The smallest absolute Gasteiger partial charge is 0.333 e. The lowest BCUT2D eigenvalue weighted by Gasteiger charge is -2.13. The maximum Gasteiger partial charge on any atom is 0.333 e. The SMILES string of the molecule is COCCn1cnc2c1c(=O)n(CC(=O)Nc1ccccc1C#N)c(=O)n2Cc1ccccc1. The molecular weight excluding hydrogens is 436 g/mol. The van der Waals surface area contributed by atoms with Crippen molar-refractivity contribution in [2.24, 2.45) is 0 Å². The Kier molecular flexibility index (Phi) is 6.66. The van der Waals surface area contributed by atoms with Gasteiger partial charge in [0.05, 0.1) is 30.7 Å². The van der Waals surface area contributed by atoms with Crippen LogP contribution in [0.5, 0.6) is 0 Å². The molecule has 10 nitrogen and oxygen atoms in total. The molecule has 2 aromatic carbocycles. The summed E-state index contributed by atoms with van der Waals surface area (Å²) in [5, 5.41) is 11.9. The van der Waals surface area contributed by atoms with Crippen LogP contribution in [0.25, 0.3) is 11.2 Å². The van der Waals surface area contributed by atoms with E-state index in [2.05, 4.69) is 10.3 Å². The van der Waals surface area contributed by atoms with Gasteiger partial charge in [0, 0.05) is 13.7 Å². The summed E-state index contributed by atoms with van der Waals surface area (Å²) >= 11 is 0. The summed E-state index contributed by atoms with van der Waals surface area (Å²) in [4.78, 5) is 43.8. The number of hydrogen-bond donors (Lipinski definition) is 1. The number of rotatable bonds is 8. The highest BCUT2D eigenvalue weighted by Crippen LogP contribution is 2.14. The molecule has 0 fully saturated rings. The molecule has 0 aliphatic carbocycles. The number of ether oxygens (including phenoxy) is 1. The number of para-hydroxylation sites is 1. The van der Waals surface area contributed by atoms with E-state index in [0.29, 0.717) is 18.8 Å². The van der Waals surface area contributed by atoms with Crippen LogP contribution in [0.4, 0.5) is 5.69 Å². The van der Waals surface area contributed by atoms with Gasteiger partial charge in [0.25, 0.3) is 5.56 Å². The number of benzene rings is 2. The molecule has 0 radical (unpaired) electrons. The van der Waals surface area contributed by atoms with E-state index in [0.717, 1.165) is 10.1 Å². The van der Waals surface area contributed by atoms with E-state index in [1.807, 2.05) is 36.4 Å². The molecule has 0 aliphatic heterocycles. The Labute approximate surface area is 194 Å². The number of fused-ring (bicyclic) bond motifs is 1. The van der Waals surface area contributed by atoms with E-state index in [1.54, 1.807) is 35.9 Å². The minimum Gasteiger partial charge on any atom is -0.383 e. The molecule has 0 bridgehead atoms. The second-order valence-electron chi connectivity index (χ2n) is 7.55. The third-order valence-corrected chi connectivity index (χ3v) is 5.33. The summed E-state index contributed by atoms with van der Waals surface area (Å²) in [5.41, 5.74) is 0.592. The molecule has 2 aromatic heterocycles. The molecule has 1 amide bonds. The van der Waals surface area contributed by atoms with Gasteiger partial charge in [-0.15, -0.1) is 0 Å². The fourth-order valence-corrected chi connectivity index (χ4v) is 3.67. The van der Waals surface area contributed by atoms with Gasteiger partial charge >= 0.3 is 5.69 Å². The molecular formula is C24H22N6O4. The third kappa shape index (κ3) is 4.51. The van der Waals surface area contributed by atoms with E-state index in [-0.39, 0.29) is 23.3 Å². The Morgan fingerprint density at radius 2 is 1.82 bits per heavy atom. The van der Waals surface area contributed by atoms with Gasteiger partial charge in [-0.25, -0.2) is 14.3 Å². The zero-order chi connectivity index (χ0) is 24.1. The van der Waals surface area contributed by atoms with Gasteiger partial charge in [0.2, 0.25) is 5.91 Å². The number of anilines is 1. The van der Waals surface area contributed by atoms with Crippen molar-refractivity contribution >= 4 is 22.8 Å². The average molecular weight is 458 g/mol. The van der Waals surface area contributed by atoms with Gasteiger partial charge in [0.15, 0.2) is 11.2 Å². The van der Waals surface area contributed by atoms with Crippen LogP contribution in [-0.2, 0) is 29.2 Å². The first-order chi connectivity index (χ1) is 16.5. The number of carbonyl (C=O) groups is 1. The Balaban J connectivity index is 1.79. The van der Waals surface area contributed by atoms with Crippen LogP contribution in [0.2, 0.25) is 0 Å². The van der Waals surface area contributed by atoms with Crippen molar-refractivity contribution in [1.82, 2.24) is 18.7 Å². The normalized spacial score (nSPS) is 10.8. The van der Waals surface area contributed by atoms with Crippen LogP contribution in [0, 0.1) is 11.3 Å². The summed E-state index contributed by atoms with van der Waals surface area (Å²) < 4.78 is 9.00. The Bertz CT molecular complexity index is 1490. The number of methoxy groups -OCH3 is 1. The van der Waals surface area contributed by atoms with Crippen molar-refractivity contribution in [2.45, 2.75) is 19.6 Å². The topological polar surface area (TPSA) is 124 Å². The van der Waals surface area contributed by atoms with Crippen molar-refractivity contribution in [3.05, 3.63) is 92.9 Å². The lowest BCUT2D eigenvalue weighted by atomic mass is 10.2. The molecule has 0 spiro atoms. The molecule has 0 unspecified atom stereocenters. The van der Waals surface area contributed by atoms with Crippen LogP contribution in [0.15, 0.2) is 70.5 Å². The van der Waals surface area contributed by atoms with Crippen molar-refractivity contribution in [1.29, 1.82) is 5.26 Å². The number of carbonyl (C=O) groups excluding carboxylic acids is 1. The molecule has 0 atom stereocenters. The summed E-state index contributed by atoms with van der Waals surface area (Å²) in [5.74, 6) is -0.601. The van der Waals surface area contributed by atoms with E-state index >= 15 is 0 Å². The van der Waals surface area contributed by atoms with Crippen molar-refractivity contribution in [2.75, 3.05) is 19.0 Å². The lowest BCUT2D eigenvalue weighted by molar-refractivity contribution is -0.116. The number of aromatic nitrogens is 4. The molecule has 0 saturated carbocycles. The minimum atomic E-state index is -0.651. The van der Waals surface area contributed by atoms with Crippen LogP contribution in [0.1, 0.15) is 11.1 Å². The molecule has 4 aromatic rings. The van der Waals surface area contributed by atoms with E-state index < -0.39 is 23.7 Å². The summed E-state index contributed by atoms with van der Waals surface area (Å²) in [6.07, 6.45) is 1.49. The van der Waals surface area contributed by atoms with Crippen LogP contribution in [0.3, 0.4) is 0 Å². The first kappa shape index (κ1) is 22.7. The van der Waals surface area contributed by atoms with Crippen LogP contribution >= 0.6 is 0 Å². The van der Waals surface area contributed by atoms with E-state index in [1.165, 1.54) is 10.9 Å². The summed E-state index contributed by atoms with van der Waals surface area (Å²) in [6, 6.07) is 17.8. The molecule has 1 N–H and O–H groups in total. The maximum atomic E-state index is 13.4. The largest absolute Gasteiger partial charge is 0.383 e. The van der Waals surface area contributed by atoms with E-state index in [4.69, 9.17) is 4.74 Å². The predicted molar refractivity (Wildman–Crippen MR) is 125 cm³/mol. The van der Waals surface area contributed by atoms with Crippen LogP contribution in [-0.4, -0.2) is 38.3 Å². The number of nitriles is 1. The number of nitrogens with one attached hydrogen (secondary N) is 1. The lowest BCUT2D eigenvalue weighted by Crippen LogP contribution is -2.43. The fraction of sp³-hybridized carbons (Fsp3) is 0.208. The van der Waals surface area contributed by atoms with Gasteiger partial charge in [0.1, 0.15) is 12.6 Å². The third-order valence-electron chi connectivity index (χ3n) is 5.33.